The first-order valence-corrected chi connectivity index (χ1v) is 11.5. The highest BCUT2D eigenvalue weighted by molar-refractivity contribution is 6.32. The second-order valence-corrected chi connectivity index (χ2v) is 8.69. The molecule has 3 N–H and O–H groups in total. The van der Waals surface area contributed by atoms with Crippen molar-refractivity contribution >= 4 is 40.4 Å². The maximum atomic E-state index is 14.0. The first-order chi connectivity index (χ1) is 17.2. The Bertz CT molecular complexity index is 1360. The molecule has 1 aliphatic heterocycles. The number of aryl methyl sites for hydroxylation is 2. The Morgan fingerprint density at radius 2 is 1.75 bits per heavy atom. The molecule has 8 heteroatoms. The van der Waals surface area contributed by atoms with Crippen LogP contribution in [0.5, 0.6) is 0 Å². The van der Waals surface area contributed by atoms with Crippen LogP contribution in [0.2, 0.25) is 0 Å². The molecule has 3 aromatic rings. The van der Waals surface area contributed by atoms with Gasteiger partial charge in [0.1, 0.15) is 5.82 Å². The SMILES string of the molecule is Cc1cc(C)cc(NC(=O)c2ccccc2N/C=C2\C(=O)N(CCCC(=O)O)c3ccc(F)cc32)c1. The number of nitrogens with one attached hydrogen (secondary N) is 2. The third-order valence-electron chi connectivity index (χ3n) is 5.81. The van der Waals surface area contributed by atoms with Gasteiger partial charge in [0.05, 0.1) is 22.5 Å². The molecule has 184 valence electrons. The van der Waals surface area contributed by atoms with Crippen LogP contribution in [0.4, 0.5) is 21.5 Å². The summed E-state index contributed by atoms with van der Waals surface area (Å²) in [5.41, 5.74) is 4.72. The summed E-state index contributed by atoms with van der Waals surface area (Å²) in [4.78, 5) is 38.6. The Morgan fingerprint density at radius 1 is 1.03 bits per heavy atom. The molecule has 0 bridgehead atoms. The number of para-hydroxylation sites is 1. The number of amides is 2. The number of fused-ring (bicyclic) bond motifs is 1. The van der Waals surface area contributed by atoms with Gasteiger partial charge in [-0.25, -0.2) is 4.39 Å². The lowest BCUT2D eigenvalue weighted by atomic mass is 10.1. The minimum absolute atomic E-state index is 0.0828. The van der Waals surface area contributed by atoms with Gasteiger partial charge in [0.25, 0.3) is 11.8 Å². The highest BCUT2D eigenvalue weighted by Gasteiger charge is 2.32. The Labute approximate surface area is 208 Å². The van der Waals surface area contributed by atoms with Crippen molar-refractivity contribution in [2.45, 2.75) is 26.7 Å². The van der Waals surface area contributed by atoms with Crippen molar-refractivity contribution < 1.29 is 23.9 Å². The summed E-state index contributed by atoms with van der Waals surface area (Å²) in [7, 11) is 0. The number of carbonyl (C=O) groups is 3. The van der Waals surface area contributed by atoms with E-state index in [2.05, 4.69) is 10.6 Å². The van der Waals surface area contributed by atoms with Crippen LogP contribution in [0.1, 0.15) is 39.9 Å². The van der Waals surface area contributed by atoms with E-state index in [1.165, 1.54) is 29.3 Å². The van der Waals surface area contributed by atoms with Crippen LogP contribution in [-0.2, 0) is 9.59 Å². The molecule has 0 aromatic heterocycles. The third-order valence-corrected chi connectivity index (χ3v) is 5.81. The van der Waals surface area contributed by atoms with E-state index in [1.54, 1.807) is 24.3 Å². The van der Waals surface area contributed by atoms with E-state index in [4.69, 9.17) is 5.11 Å². The second kappa shape index (κ2) is 10.4. The Hall–Kier alpha value is -4.46. The number of carboxylic acids is 1. The van der Waals surface area contributed by atoms with Gasteiger partial charge in [-0.15, -0.1) is 0 Å². The van der Waals surface area contributed by atoms with Crippen molar-refractivity contribution in [3.8, 4) is 0 Å². The van der Waals surface area contributed by atoms with Gasteiger partial charge in [0, 0.05) is 30.4 Å². The van der Waals surface area contributed by atoms with E-state index >= 15 is 0 Å². The van der Waals surface area contributed by atoms with Crippen LogP contribution < -0.4 is 15.5 Å². The average molecular weight is 488 g/mol. The van der Waals surface area contributed by atoms with E-state index in [1.807, 2.05) is 32.0 Å². The molecule has 1 heterocycles. The van der Waals surface area contributed by atoms with Crippen LogP contribution in [0.3, 0.4) is 0 Å². The van der Waals surface area contributed by atoms with Gasteiger partial charge >= 0.3 is 5.97 Å². The minimum atomic E-state index is -0.950. The van der Waals surface area contributed by atoms with Crippen molar-refractivity contribution in [2.24, 2.45) is 0 Å². The maximum absolute atomic E-state index is 14.0. The highest BCUT2D eigenvalue weighted by atomic mass is 19.1. The predicted octanol–water partition coefficient (Wildman–Crippen LogP) is 5.36. The van der Waals surface area contributed by atoms with Gasteiger partial charge in [-0.2, -0.15) is 0 Å². The van der Waals surface area contributed by atoms with E-state index in [0.29, 0.717) is 28.2 Å². The number of aliphatic carboxylic acids is 1. The number of rotatable bonds is 8. The zero-order chi connectivity index (χ0) is 25.8. The Kier molecular flexibility index (Phi) is 7.15. The van der Waals surface area contributed by atoms with E-state index < -0.39 is 11.8 Å². The predicted molar refractivity (Wildman–Crippen MR) is 138 cm³/mol. The average Bonchev–Trinajstić information content (AvgIpc) is 3.07. The maximum Gasteiger partial charge on any atom is 0.303 e. The van der Waals surface area contributed by atoms with Gasteiger partial charge in [-0.3, -0.25) is 14.4 Å². The summed E-state index contributed by atoms with van der Waals surface area (Å²) in [6, 6.07) is 16.7. The number of carbonyl (C=O) groups excluding carboxylic acids is 2. The standard InChI is InChI=1S/C28H26FN3O4/c1-17-12-18(2)14-20(13-17)31-27(35)21-6-3-4-7-24(21)30-16-23-22-15-19(29)9-10-25(22)32(28(23)36)11-5-8-26(33)34/h3-4,6-7,9-10,12-16,30H,5,8,11H2,1-2H3,(H,31,35)(H,33,34)/b23-16-. The lowest BCUT2D eigenvalue weighted by Gasteiger charge is -2.16. The minimum Gasteiger partial charge on any atom is -0.481 e. The quantitative estimate of drug-likeness (QED) is 0.372. The number of carboxylic acid groups (broad SMARTS) is 1. The van der Waals surface area contributed by atoms with Crippen molar-refractivity contribution in [3.05, 3.63) is 94.9 Å². The van der Waals surface area contributed by atoms with E-state index in [9.17, 15) is 18.8 Å². The summed E-state index contributed by atoms with van der Waals surface area (Å²) in [5, 5.41) is 14.9. The first kappa shape index (κ1) is 24.7. The second-order valence-electron chi connectivity index (χ2n) is 8.69. The molecule has 0 unspecified atom stereocenters. The lowest BCUT2D eigenvalue weighted by molar-refractivity contribution is -0.137. The Morgan fingerprint density at radius 3 is 2.47 bits per heavy atom. The summed E-state index contributed by atoms with van der Waals surface area (Å²) in [5.74, 6) is -2.13. The lowest BCUT2D eigenvalue weighted by Crippen LogP contribution is -2.28. The summed E-state index contributed by atoms with van der Waals surface area (Å²) in [6.45, 7) is 4.10. The molecule has 0 fully saturated rings. The highest BCUT2D eigenvalue weighted by Crippen LogP contribution is 2.37. The molecule has 2 amide bonds. The van der Waals surface area contributed by atoms with Crippen LogP contribution in [0.25, 0.3) is 5.57 Å². The largest absolute Gasteiger partial charge is 0.481 e. The number of halogens is 1. The fourth-order valence-electron chi connectivity index (χ4n) is 4.28. The molecule has 0 aliphatic carbocycles. The van der Waals surface area contributed by atoms with E-state index in [0.717, 1.165) is 11.1 Å². The molecule has 4 rings (SSSR count). The van der Waals surface area contributed by atoms with Gasteiger partial charge in [-0.1, -0.05) is 18.2 Å². The zero-order valence-corrected chi connectivity index (χ0v) is 20.0. The van der Waals surface area contributed by atoms with Crippen LogP contribution in [-0.4, -0.2) is 29.4 Å². The topological polar surface area (TPSA) is 98.7 Å². The van der Waals surface area contributed by atoms with Gasteiger partial charge in [0.15, 0.2) is 0 Å². The monoisotopic (exact) mass is 487 g/mol. The van der Waals surface area contributed by atoms with Crippen molar-refractivity contribution in [3.63, 3.8) is 0 Å². The van der Waals surface area contributed by atoms with Crippen molar-refractivity contribution in [1.82, 2.24) is 0 Å². The number of nitrogens with zero attached hydrogens (tertiary/aromatic N) is 1. The summed E-state index contributed by atoms with van der Waals surface area (Å²) in [6.07, 6.45) is 1.64. The summed E-state index contributed by atoms with van der Waals surface area (Å²) >= 11 is 0. The van der Waals surface area contributed by atoms with E-state index in [-0.39, 0.29) is 36.8 Å². The van der Waals surface area contributed by atoms with Crippen LogP contribution >= 0.6 is 0 Å². The molecular formula is C28H26FN3O4. The molecule has 0 saturated carbocycles. The van der Waals surface area contributed by atoms with Crippen LogP contribution in [0, 0.1) is 19.7 Å². The zero-order valence-electron chi connectivity index (χ0n) is 20.0. The van der Waals surface area contributed by atoms with Gasteiger partial charge in [0.2, 0.25) is 0 Å². The molecule has 0 spiro atoms. The molecule has 0 atom stereocenters. The number of hydrogen-bond donors (Lipinski definition) is 3. The van der Waals surface area contributed by atoms with Crippen molar-refractivity contribution in [2.75, 3.05) is 22.1 Å². The van der Waals surface area contributed by atoms with Gasteiger partial charge < -0.3 is 20.6 Å². The molecule has 1 aliphatic rings. The Balaban J connectivity index is 1.59. The smallest absolute Gasteiger partial charge is 0.303 e. The molecule has 36 heavy (non-hydrogen) atoms. The third kappa shape index (κ3) is 5.43. The first-order valence-electron chi connectivity index (χ1n) is 11.5. The molecule has 0 radical (unpaired) electrons. The number of anilines is 3. The van der Waals surface area contributed by atoms with Crippen molar-refractivity contribution in [1.29, 1.82) is 0 Å². The molecular weight excluding hydrogens is 461 g/mol. The van der Waals surface area contributed by atoms with Gasteiger partial charge in [-0.05, 0) is 73.9 Å². The summed E-state index contributed by atoms with van der Waals surface area (Å²) < 4.78 is 14.0. The molecule has 7 nitrogen and oxygen atoms in total. The number of benzene rings is 3. The number of hydrogen-bond acceptors (Lipinski definition) is 4. The molecule has 0 saturated heterocycles. The normalized spacial score (nSPS) is 13.6. The fraction of sp³-hybridized carbons (Fsp3) is 0.179. The van der Waals surface area contributed by atoms with Crippen LogP contribution in [0.15, 0.2) is 66.9 Å². The fourth-order valence-corrected chi connectivity index (χ4v) is 4.28. The molecule has 3 aromatic carbocycles.